The molecule has 4 rings (SSSR count). The third-order valence-corrected chi connectivity index (χ3v) is 5.48. The fourth-order valence-electron chi connectivity index (χ4n) is 3.33. The molecular weight excluding hydrogens is 314 g/mol. The maximum absolute atomic E-state index is 5.68. The molecule has 124 valence electrons. The number of hydrogen-bond donors (Lipinski definition) is 0. The van der Waals surface area contributed by atoms with Crippen LogP contribution in [0.3, 0.4) is 0 Å². The third kappa shape index (κ3) is 3.19. The van der Waals surface area contributed by atoms with E-state index in [0.717, 1.165) is 30.8 Å². The molecule has 2 aromatic rings. The van der Waals surface area contributed by atoms with Crippen molar-refractivity contribution in [3.63, 3.8) is 0 Å². The van der Waals surface area contributed by atoms with Crippen molar-refractivity contribution >= 4 is 11.3 Å². The summed E-state index contributed by atoms with van der Waals surface area (Å²) in [5, 5.41) is 6.14. The highest BCUT2D eigenvalue weighted by molar-refractivity contribution is 7.13. The standard InChI is InChI=1S/C16H21N3O3S/c1-11(15-17-14(18-22-15)13-5-3-9-23-13)19-6-2-4-12(10-19)16-20-7-8-21-16/h3,5,9,11-12,16H,2,4,6-8,10H2,1H3. The van der Waals surface area contributed by atoms with Gasteiger partial charge in [0.2, 0.25) is 11.7 Å². The van der Waals surface area contributed by atoms with Gasteiger partial charge in [-0.3, -0.25) is 4.90 Å². The average molecular weight is 335 g/mol. The topological polar surface area (TPSA) is 60.6 Å². The molecule has 6 nitrogen and oxygen atoms in total. The van der Waals surface area contributed by atoms with Gasteiger partial charge in [-0.2, -0.15) is 4.98 Å². The van der Waals surface area contributed by atoms with Gasteiger partial charge in [-0.25, -0.2) is 0 Å². The lowest BCUT2D eigenvalue weighted by Gasteiger charge is -2.36. The molecule has 0 bridgehead atoms. The number of ether oxygens (including phenoxy) is 2. The minimum absolute atomic E-state index is 0.0469. The van der Waals surface area contributed by atoms with Crippen LogP contribution in [-0.2, 0) is 9.47 Å². The van der Waals surface area contributed by atoms with Crippen molar-refractivity contribution in [1.29, 1.82) is 0 Å². The summed E-state index contributed by atoms with van der Waals surface area (Å²) in [4.78, 5) is 8.01. The normalized spacial score (nSPS) is 25.0. The number of likely N-dealkylation sites (tertiary alicyclic amines) is 1. The molecule has 0 spiro atoms. The maximum Gasteiger partial charge on any atom is 0.244 e. The summed E-state index contributed by atoms with van der Waals surface area (Å²) >= 11 is 1.62. The van der Waals surface area contributed by atoms with E-state index in [1.165, 1.54) is 0 Å². The molecule has 2 fully saturated rings. The van der Waals surface area contributed by atoms with Gasteiger partial charge in [0.05, 0.1) is 24.1 Å². The minimum atomic E-state index is -0.0469. The third-order valence-electron chi connectivity index (χ3n) is 4.61. The van der Waals surface area contributed by atoms with Crippen LogP contribution in [0.1, 0.15) is 31.7 Å². The molecule has 2 saturated heterocycles. The highest BCUT2D eigenvalue weighted by Gasteiger charge is 2.34. The van der Waals surface area contributed by atoms with Gasteiger partial charge in [0.1, 0.15) is 0 Å². The van der Waals surface area contributed by atoms with Crippen LogP contribution < -0.4 is 0 Å². The number of hydrogen-bond acceptors (Lipinski definition) is 7. The summed E-state index contributed by atoms with van der Waals surface area (Å²) in [6, 6.07) is 4.12. The highest BCUT2D eigenvalue weighted by atomic mass is 32.1. The molecule has 2 aliphatic heterocycles. The smallest absolute Gasteiger partial charge is 0.244 e. The second-order valence-electron chi connectivity index (χ2n) is 6.12. The zero-order valence-electron chi connectivity index (χ0n) is 13.2. The molecule has 7 heteroatoms. The molecule has 0 radical (unpaired) electrons. The van der Waals surface area contributed by atoms with Crippen LogP contribution in [0, 0.1) is 5.92 Å². The summed E-state index contributed by atoms with van der Waals surface area (Å²) in [7, 11) is 0. The Morgan fingerprint density at radius 2 is 2.22 bits per heavy atom. The molecule has 2 unspecified atom stereocenters. The number of rotatable bonds is 4. The van der Waals surface area contributed by atoms with Gasteiger partial charge >= 0.3 is 0 Å². The number of thiophene rings is 1. The van der Waals surface area contributed by atoms with Crippen LogP contribution in [0.15, 0.2) is 22.0 Å². The largest absolute Gasteiger partial charge is 0.350 e. The Morgan fingerprint density at radius 3 is 3.00 bits per heavy atom. The lowest BCUT2D eigenvalue weighted by molar-refractivity contribution is -0.104. The van der Waals surface area contributed by atoms with Gasteiger partial charge < -0.3 is 14.0 Å². The van der Waals surface area contributed by atoms with E-state index in [1.54, 1.807) is 11.3 Å². The number of piperidine rings is 1. The number of nitrogens with zero attached hydrogens (tertiary/aromatic N) is 3. The number of aromatic nitrogens is 2. The Labute approximate surface area is 139 Å². The van der Waals surface area contributed by atoms with Crippen molar-refractivity contribution in [2.24, 2.45) is 5.92 Å². The maximum atomic E-state index is 5.68. The average Bonchev–Trinajstić information content (AvgIpc) is 3.36. The zero-order valence-corrected chi connectivity index (χ0v) is 14.0. The first-order valence-corrected chi connectivity index (χ1v) is 9.04. The van der Waals surface area contributed by atoms with Gasteiger partial charge in [-0.1, -0.05) is 11.2 Å². The van der Waals surface area contributed by atoms with E-state index in [9.17, 15) is 0 Å². The second kappa shape index (κ2) is 6.68. The lowest BCUT2D eigenvalue weighted by atomic mass is 9.96. The van der Waals surface area contributed by atoms with Gasteiger partial charge in [0, 0.05) is 12.5 Å². The van der Waals surface area contributed by atoms with Crippen LogP contribution in [0.2, 0.25) is 0 Å². The van der Waals surface area contributed by atoms with E-state index in [2.05, 4.69) is 22.0 Å². The summed E-state index contributed by atoms with van der Waals surface area (Å²) in [6.07, 6.45) is 2.25. The predicted molar refractivity (Wildman–Crippen MR) is 86.0 cm³/mol. The van der Waals surface area contributed by atoms with E-state index in [1.807, 2.05) is 17.5 Å². The molecule has 23 heavy (non-hydrogen) atoms. The van der Waals surface area contributed by atoms with Crippen LogP contribution in [0.5, 0.6) is 0 Å². The van der Waals surface area contributed by atoms with Crippen molar-refractivity contribution in [2.45, 2.75) is 32.1 Å². The van der Waals surface area contributed by atoms with Crippen molar-refractivity contribution in [3.8, 4) is 10.7 Å². The zero-order chi connectivity index (χ0) is 15.6. The molecule has 2 aliphatic rings. The summed E-state index contributed by atoms with van der Waals surface area (Å²) < 4.78 is 16.9. The van der Waals surface area contributed by atoms with Crippen molar-refractivity contribution in [3.05, 3.63) is 23.4 Å². The first kappa shape index (κ1) is 15.3. The molecule has 0 amide bonds. The van der Waals surface area contributed by atoms with E-state index < -0.39 is 0 Å². The Hall–Kier alpha value is -1.28. The summed E-state index contributed by atoms with van der Waals surface area (Å²) in [5.74, 6) is 1.79. The molecule has 0 saturated carbocycles. The molecule has 4 heterocycles. The molecule has 2 atom stereocenters. The molecule has 2 aromatic heterocycles. The Kier molecular flexibility index (Phi) is 4.43. The second-order valence-corrected chi connectivity index (χ2v) is 7.06. The summed E-state index contributed by atoms with van der Waals surface area (Å²) in [6.45, 7) is 5.54. The quantitative estimate of drug-likeness (QED) is 0.856. The van der Waals surface area contributed by atoms with Crippen molar-refractivity contribution < 1.29 is 14.0 Å². The SMILES string of the molecule is CC(c1nc(-c2cccs2)no1)N1CCCC(C2OCCO2)C1. The van der Waals surface area contributed by atoms with E-state index >= 15 is 0 Å². The van der Waals surface area contributed by atoms with Gasteiger partial charge in [0.25, 0.3) is 0 Å². The lowest BCUT2D eigenvalue weighted by Crippen LogP contribution is -2.41. The molecule has 0 N–H and O–H groups in total. The Bertz CT molecular complexity index is 624. The monoisotopic (exact) mass is 335 g/mol. The van der Waals surface area contributed by atoms with Crippen LogP contribution in [0.4, 0.5) is 0 Å². The fraction of sp³-hybridized carbons (Fsp3) is 0.625. The Morgan fingerprint density at radius 1 is 1.35 bits per heavy atom. The van der Waals surface area contributed by atoms with E-state index in [-0.39, 0.29) is 12.3 Å². The van der Waals surface area contributed by atoms with Crippen molar-refractivity contribution in [2.75, 3.05) is 26.3 Å². The van der Waals surface area contributed by atoms with E-state index in [0.29, 0.717) is 30.8 Å². The Balaban J connectivity index is 1.44. The first-order chi connectivity index (χ1) is 11.3. The predicted octanol–water partition coefficient (Wildman–Crippen LogP) is 2.94. The fourth-order valence-corrected chi connectivity index (χ4v) is 3.98. The first-order valence-electron chi connectivity index (χ1n) is 8.16. The van der Waals surface area contributed by atoms with Crippen molar-refractivity contribution in [1.82, 2.24) is 15.0 Å². The van der Waals surface area contributed by atoms with Gasteiger partial charge in [0.15, 0.2) is 6.29 Å². The summed E-state index contributed by atoms with van der Waals surface area (Å²) in [5.41, 5.74) is 0. The van der Waals surface area contributed by atoms with E-state index in [4.69, 9.17) is 14.0 Å². The minimum Gasteiger partial charge on any atom is -0.350 e. The molecular formula is C16H21N3O3S. The van der Waals surface area contributed by atoms with Crippen LogP contribution in [-0.4, -0.2) is 47.6 Å². The van der Waals surface area contributed by atoms with Gasteiger partial charge in [-0.05, 0) is 37.8 Å². The molecule has 0 aromatic carbocycles. The van der Waals surface area contributed by atoms with Crippen LogP contribution >= 0.6 is 11.3 Å². The highest BCUT2D eigenvalue weighted by Crippen LogP contribution is 2.31. The van der Waals surface area contributed by atoms with Crippen LogP contribution in [0.25, 0.3) is 10.7 Å². The van der Waals surface area contributed by atoms with Gasteiger partial charge in [-0.15, -0.1) is 11.3 Å². The molecule has 0 aliphatic carbocycles.